The molecule has 1 aromatic carbocycles. The Morgan fingerprint density at radius 1 is 1.17 bits per heavy atom. The summed E-state index contributed by atoms with van der Waals surface area (Å²) in [5.74, 6) is -0.949. The van der Waals surface area contributed by atoms with Gasteiger partial charge in [-0.05, 0) is 31.0 Å². The van der Waals surface area contributed by atoms with Gasteiger partial charge in [0.1, 0.15) is 16.9 Å². The van der Waals surface area contributed by atoms with Crippen molar-refractivity contribution >= 4 is 5.97 Å². The summed E-state index contributed by atoms with van der Waals surface area (Å²) in [5.41, 5.74) is -0.242. The second-order valence-corrected chi connectivity index (χ2v) is 6.56. The van der Waals surface area contributed by atoms with E-state index in [1.807, 2.05) is 0 Å². The molecule has 0 spiro atoms. The molecule has 1 fully saturated rings. The molecule has 5 unspecified atom stereocenters. The number of methoxy groups -OCH3 is 2. The van der Waals surface area contributed by atoms with Crippen molar-refractivity contribution in [3.63, 3.8) is 0 Å². The number of benzene rings is 1. The molecule has 2 bridgehead atoms. The lowest BCUT2D eigenvalue weighted by atomic mass is 9.66. The van der Waals surface area contributed by atoms with Gasteiger partial charge in [-0.1, -0.05) is 11.6 Å². The summed E-state index contributed by atoms with van der Waals surface area (Å²) < 4.78 is 10.6. The Kier molecular flexibility index (Phi) is 4.05. The molecule has 3 rings (SSSR count). The number of carboxylic acid groups (broad SMARTS) is 1. The van der Waals surface area contributed by atoms with Crippen LogP contribution >= 0.6 is 0 Å². The van der Waals surface area contributed by atoms with Gasteiger partial charge < -0.3 is 24.8 Å². The maximum atomic E-state index is 12.2. The predicted molar refractivity (Wildman–Crippen MR) is 86.2 cm³/mol. The number of rotatable bonds is 4. The molecule has 2 aliphatic rings. The minimum absolute atomic E-state index is 0.374. The first-order valence-corrected chi connectivity index (χ1v) is 7.87. The highest BCUT2D eigenvalue weighted by Crippen LogP contribution is 2.60. The monoisotopic (exact) mass is 334 g/mol. The van der Waals surface area contributed by atoms with Crippen molar-refractivity contribution in [2.75, 3.05) is 14.2 Å². The SMILES string of the molecule is COc1cc(OC)cc(C2CC3C(O)C=C(C)C2(C(=O)O)C3O)c1. The average molecular weight is 334 g/mol. The van der Waals surface area contributed by atoms with E-state index in [-0.39, 0.29) is 0 Å². The summed E-state index contributed by atoms with van der Waals surface area (Å²) in [5, 5.41) is 30.9. The van der Waals surface area contributed by atoms with Crippen molar-refractivity contribution in [1.29, 1.82) is 0 Å². The fraction of sp³-hybridized carbons (Fsp3) is 0.500. The molecule has 6 heteroatoms. The van der Waals surface area contributed by atoms with Crippen molar-refractivity contribution in [1.82, 2.24) is 0 Å². The lowest BCUT2D eigenvalue weighted by molar-refractivity contribution is -0.154. The fourth-order valence-electron chi connectivity index (χ4n) is 4.36. The number of ether oxygens (including phenoxy) is 2. The molecule has 24 heavy (non-hydrogen) atoms. The molecule has 3 N–H and O–H groups in total. The van der Waals surface area contributed by atoms with Crippen LogP contribution in [0.15, 0.2) is 29.8 Å². The molecule has 0 heterocycles. The lowest BCUT2D eigenvalue weighted by Gasteiger charge is -2.39. The Labute approximate surface area is 140 Å². The largest absolute Gasteiger partial charge is 0.497 e. The van der Waals surface area contributed by atoms with E-state index in [1.54, 1.807) is 31.2 Å². The average Bonchev–Trinajstić information content (AvgIpc) is 2.81. The van der Waals surface area contributed by atoms with E-state index >= 15 is 0 Å². The van der Waals surface area contributed by atoms with Crippen molar-refractivity contribution in [3.05, 3.63) is 35.4 Å². The molecule has 5 atom stereocenters. The zero-order valence-corrected chi connectivity index (χ0v) is 13.9. The summed E-state index contributed by atoms with van der Waals surface area (Å²) in [4.78, 5) is 12.2. The Bertz CT molecular complexity index is 674. The smallest absolute Gasteiger partial charge is 0.317 e. The van der Waals surface area contributed by atoms with Gasteiger partial charge in [0.05, 0.1) is 26.4 Å². The van der Waals surface area contributed by atoms with Crippen LogP contribution < -0.4 is 9.47 Å². The Morgan fingerprint density at radius 3 is 2.25 bits per heavy atom. The van der Waals surface area contributed by atoms with E-state index in [2.05, 4.69) is 0 Å². The van der Waals surface area contributed by atoms with Crippen LogP contribution in [-0.4, -0.2) is 47.7 Å². The Hall–Kier alpha value is -2.05. The van der Waals surface area contributed by atoms with Gasteiger partial charge in [0.15, 0.2) is 0 Å². The van der Waals surface area contributed by atoms with E-state index < -0.39 is 35.4 Å². The van der Waals surface area contributed by atoms with E-state index in [1.165, 1.54) is 14.2 Å². The zero-order chi connectivity index (χ0) is 17.6. The van der Waals surface area contributed by atoms with E-state index in [0.717, 1.165) is 5.56 Å². The highest BCUT2D eigenvalue weighted by Gasteiger charge is 2.64. The minimum atomic E-state index is -1.44. The van der Waals surface area contributed by atoms with Gasteiger partial charge in [-0.15, -0.1) is 0 Å². The topological polar surface area (TPSA) is 96.2 Å². The maximum absolute atomic E-state index is 12.2. The van der Waals surface area contributed by atoms with Gasteiger partial charge in [0.25, 0.3) is 0 Å². The third-order valence-electron chi connectivity index (χ3n) is 5.57. The highest BCUT2D eigenvalue weighted by molar-refractivity contribution is 5.82. The Balaban J connectivity index is 2.18. The van der Waals surface area contributed by atoms with Gasteiger partial charge in [0, 0.05) is 17.9 Å². The third-order valence-corrected chi connectivity index (χ3v) is 5.57. The summed E-state index contributed by atoms with van der Waals surface area (Å²) in [7, 11) is 3.06. The van der Waals surface area contributed by atoms with Gasteiger partial charge in [-0.2, -0.15) is 0 Å². The standard InChI is InChI=1S/C18H22O6/c1-9-4-15(19)13-8-14(18(9,16(13)20)17(21)22)10-5-11(23-2)7-12(6-10)24-3/h4-7,13-16,19-20H,8H2,1-3H3,(H,21,22). The first kappa shape index (κ1) is 16.8. The molecular weight excluding hydrogens is 312 g/mol. The normalized spacial score (nSPS) is 34.6. The molecule has 2 aliphatic carbocycles. The van der Waals surface area contributed by atoms with Crippen molar-refractivity contribution in [2.45, 2.75) is 31.5 Å². The molecule has 0 radical (unpaired) electrons. The van der Waals surface area contributed by atoms with Crippen LogP contribution in [0.3, 0.4) is 0 Å². The van der Waals surface area contributed by atoms with Crippen LogP contribution in [0.5, 0.6) is 11.5 Å². The molecule has 1 saturated carbocycles. The molecule has 1 aromatic rings. The summed E-state index contributed by atoms with van der Waals surface area (Å²) >= 11 is 0. The molecule has 0 aliphatic heterocycles. The number of carboxylic acids is 1. The third kappa shape index (κ3) is 2.13. The van der Waals surface area contributed by atoms with Gasteiger partial charge in [0.2, 0.25) is 0 Å². The zero-order valence-electron chi connectivity index (χ0n) is 13.9. The van der Waals surface area contributed by atoms with E-state index in [0.29, 0.717) is 23.5 Å². The van der Waals surface area contributed by atoms with E-state index in [4.69, 9.17) is 9.47 Å². The summed E-state index contributed by atoms with van der Waals surface area (Å²) in [6.45, 7) is 1.66. The molecular formula is C18H22O6. The molecule has 0 amide bonds. The minimum Gasteiger partial charge on any atom is -0.497 e. The quantitative estimate of drug-likeness (QED) is 0.723. The number of carbonyl (C=O) groups is 1. The van der Waals surface area contributed by atoms with Crippen LogP contribution in [-0.2, 0) is 4.79 Å². The van der Waals surface area contributed by atoms with Crippen LogP contribution in [0, 0.1) is 11.3 Å². The fourth-order valence-corrected chi connectivity index (χ4v) is 4.36. The first-order valence-electron chi connectivity index (χ1n) is 7.87. The van der Waals surface area contributed by atoms with Crippen molar-refractivity contribution in [2.24, 2.45) is 11.3 Å². The van der Waals surface area contributed by atoms with Gasteiger partial charge in [-0.25, -0.2) is 0 Å². The number of fused-ring (bicyclic) bond motifs is 2. The van der Waals surface area contributed by atoms with E-state index in [9.17, 15) is 20.1 Å². The molecule has 0 saturated heterocycles. The molecule has 130 valence electrons. The Morgan fingerprint density at radius 2 is 1.75 bits per heavy atom. The van der Waals surface area contributed by atoms with Crippen molar-refractivity contribution in [3.8, 4) is 11.5 Å². The first-order chi connectivity index (χ1) is 11.4. The number of hydrogen-bond acceptors (Lipinski definition) is 5. The van der Waals surface area contributed by atoms with Crippen LogP contribution in [0.2, 0.25) is 0 Å². The maximum Gasteiger partial charge on any atom is 0.317 e. The van der Waals surface area contributed by atoms with Crippen LogP contribution in [0.4, 0.5) is 0 Å². The number of aliphatic hydroxyl groups excluding tert-OH is 2. The molecule has 6 nitrogen and oxygen atoms in total. The second kappa shape index (κ2) is 5.79. The number of hydrogen-bond donors (Lipinski definition) is 3. The van der Waals surface area contributed by atoms with Crippen LogP contribution in [0.1, 0.15) is 24.8 Å². The van der Waals surface area contributed by atoms with Crippen LogP contribution in [0.25, 0.3) is 0 Å². The highest BCUT2D eigenvalue weighted by atomic mass is 16.5. The number of aliphatic hydroxyl groups is 2. The van der Waals surface area contributed by atoms with Gasteiger partial charge in [-0.3, -0.25) is 4.79 Å². The van der Waals surface area contributed by atoms with Gasteiger partial charge >= 0.3 is 5.97 Å². The summed E-state index contributed by atoms with van der Waals surface area (Å²) in [6.07, 6.45) is -0.0518. The number of aliphatic carboxylic acids is 1. The second-order valence-electron chi connectivity index (χ2n) is 6.56. The lowest BCUT2D eigenvalue weighted by Crippen LogP contribution is -2.49. The molecule has 0 aromatic heterocycles. The summed E-state index contributed by atoms with van der Waals surface area (Å²) in [6, 6.07) is 5.25. The van der Waals surface area contributed by atoms with Crippen molar-refractivity contribution < 1.29 is 29.6 Å². The predicted octanol–water partition coefficient (Wildman–Crippen LogP) is 1.56.